The van der Waals surface area contributed by atoms with Crippen LogP contribution in [0.4, 0.5) is 13.2 Å². The monoisotopic (exact) mass is 386 g/mol. The molecule has 2 rings (SSSR count). The van der Waals surface area contributed by atoms with E-state index < -0.39 is 41.3 Å². The number of hydrogen-bond acceptors (Lipinski definition) is 6. The van der Waals surface area contributed by atoms with Gasteiger partial charge in [0.25, 0.3) is 5.78 Å². The average Bonchev–Trinajstić information content (AvgIpc) is 2.59. The smallest absolute Gasteiger partial charge is 0.453 e. The van der Waals surface area contributed by atoms with E-state index in [9.17, 15) is 33.0 Å². The molecule has 1 aromatic carbocycles. The summed E-state index contributed by atoms with van der Waals surface area (Å²) in [6.45, 7) is 4.18. The molecule has 146 valence electrons. The second kappa shape index (κ2) is 7.39. The Balaban J connectivity index is 2.84. The molecule has 0 fully saturated rings. The first-order valence-corrected chi connectivity index (χ1v) is 7.84. The zero-order valence-corrected chi connectivity index (χ0v) is 14.3. The van der Waals surface area contributed by atoms with Gasteiger partial charge >= 0.3 is 12.1 Å². The van der Waals surface area contributed by atoms with E-state index >= 15 is 0 Å². The minimum atomic E-state index is -5.41. The molecule has 0 radical (unpaired) electrons. The fourth-order valence-corrected chi connectivity index (χ4v) is 3.10. The minimum Gasteiger partial charge on any atom is -0.507 e. The molecular weight excluding hydrogens is 369 g/mol. The zero-order chi connectivity index (χ0) is 20.4. The van der Waals surface area contributed by atoms with Crippen LogP contribution >= 0.6 is 0 Å². The summed E-state index contributed by atoms with van der Waals surface area (Å²) in [5, 5.41) is 23.7. The molecule has 0 aromatic heterocycles. The summed E-state index contributed by atoms with van der Waals surface area (Å²) >= 11 is 0. The Morgan fingerprint density at radius 2 is 2.11 bits per heavy atom. The molecule has 0 amide bonds. The lowest BCUT2D eigenvalue weighted by Crippen LogP contribution is -2.64. The molecule has 1 aromatic rings. The molecule has 0 saturated heterocycles. The van der Waals surface area contributed by atoms with E-state index in [2.05, 4.69) is 11.7 Å². The summed E-state index contributed by atoms with van der Waals surface area (Å²) < 4.78 is 40.0. The van der Waals surface area contributed by atoms with Gasteiger partial charge in [0.2, 0.25) is 5.54 Å². The molecule has 1 atom stereocenters. The summed E-state index contributed by atoms with van der Waals surface area (Å²) in [5.41, 5.74) is -3.84. The van der Waals surface area contributed by atoms with E-state index in [1.807, 2.05) is 0 Å². The Labute approximate surface area is 152 Å². The number of benzene rings is 1. The van der Waals surface area contributed by atoms with Crippen molar-refractivity contribution in [2.24, 2.45) is 5.16 Å². The van der Waals surface area contributed by atoms with E-state index in [1.165, 1.54) is 13.0 Å². The number of oxime groups is 1. The third-order valence-electron chi connectivity index (χ3n) is 4.18. The number of phenolic OH excluding ortho intramolecular Hbond substituents is 1. The Kier molecular flexibility index (Phi) is 5.59. The van der Waals surface area contributed by atoms with Crippen LogP contribution in [0.15, 0.2) is 36.0 Å². The number of hydrogen-bond donors (Lipinski definition) is 2. The van der Waals surface area contributed by atoms with Crippen LogP contribution < -0.4 is 0 Å². The standard InChI is InChI=1S/C17H17F3N2O5/c1-3-8-27-21-11-9-22(4-2)16(15(25)26,14(24)17(18,19)20)10-6-5-7-12(23)13(10)11/h3,5-7,23H,1,4,8-9H2,2H3,(H,25,26). The molecule has 0 spiro atoms. The maximum atomic E-state index is 13.3. The van der Waals surface area contributed by atoms with Crippen molar-refractivity contribution in [1.82, 2.24) is 4.90 Å². The number of rotatable bonds is 6. The largest absolute Gasteiger partial charge is 0.507 e. The second-order valence-electron chi connectivity index (χ2n) is 5.68. The van der Waals surface area contributed by atoms with E-state index in [-0.39, 0.29) is 24.4 Å². The molecule has 0 saturated carbocycles. The lowest BCUT2D eigenvalue weighted by atomic mass is 9.76. The van der Waals surface area contributed by atoms with Gasteiger partial charge in [-0.1, -0.05) is 36.9 Å². The van der Waals surface area contributed by atoms with Gasteiger partial charge in [0.15, 0.2) is 0 Å². The third-order valence-corrected chi connectivity index (χ3v) is 4.18. The number of carbonyl (C=O) groups excluding carboxylic acids is 1. The first-order chi connectivity index (χ1) is 12.6. The Bertz CT molecular complexity index is 806. The molecule has 1 unspecified atom stereocenters. The number of carboxylic acid groups (broad SMARTS) is 1. The predicted octanol–water partition coefficient (Wildman–Crippen LogP) is 2.05. The number of aliphatic carboxylic acids is 1. The highest BCUT2D eigenvalue weighted by atomic mass is 19.4. The first kappa shape index (κ1) is 20.4. The second-order valence-corrected chi connectivity index (χ2v) is 5.68. The molecular formula is C17H17F3N2O5. The summed E-state index contributed by atoms with van der Waals surface area (Å²) in [7, 11) is 0. The van der Waals surface area contributed by atoms with Crippen molar-refractivity contribution in [3.8, 4) is 5.75 Å². The normalized spacial score (nSPS) is 21.6. The first-order valence-electron chi connectivity index (χ1n) is 7.84. The van der Waals surface area contributed by atoms with Gasteiger partial charge in [-0.25, -0.2) is 4.79 Å². The van der Waals surface area contributed by atoms with Crippen LogP contribution in [0.1, 0.15) is 18.1 Å². The van der Waals surface area contributed by atoms with E-state index in [0.29, 0.717) is 0 Å². The molecule has 1 heterocycles. The van der Waals surface area contributed by atoms with Crippen molar-refractivity contribution >= 4 is 17.5 Å². The SMILES string of the molecule is C=CCON=C1CN(CC)C(C(=O)O)(C(=O)C(F)(F)F)c2cccc(O)c21. The molecule has 7 nitrogen and oxygen atoms in total. The van der Waals surface area contributed by atoms with Gasteiger partial charge in [0, 0.05) is 17.7 Å². The number of carboxylic acids is 1. The number of nitrogens with zero attached hydrogens (tertiary/aromatic N) is 2. The molecule has 2 N–H and O–H groups in total. The van der Waals surface area contributed by atoms with Crippen molar-refractivity contribution in [3.63, 3.8) is 0 Å². The number of carbonyl (C=O) groups is 2. The van der Waals surface area contributed by atoms with Crippen LogP contribution in [0.5, 0.6) is 5.75 Å². The predicted molar refractivity (Wildman–Crippen MR) is 88.4 cm³/mol. The molecule has 0 bridgehead atoms. The van der Waals surface area contributed by atoms with Gasteiger partial charge < -0.3 is 15.1 Å². The summed E-state index contributed by atoms with van der Waals surface area (Å²) in [5.74, 6) is -4.96. The minimum absolute atomic E-state index is 0.00125. The van der Waals surface area contributed by atoms with E-state index in [1.54, 1.807) is 0 Å². The van der Waals surface area contributed by atoms with Crippen LogP contribution in [0.2, 0.25) is 0 Å². The number of phenols is 1. The maximum Gasteiger partial charge on any atom is 0.453 e. The van der Waals surface area contributed by atoms with Gasteiger partial charge in [0.05, 0.1) is 0 Å². The maximum absolute atomic E-state index is 13.3. The third kappa shape index (κ3) is 3.27. The van der Waals surface area contributed by atoms with Gasteiger partial charge in [-0.15, -0.1) is 0 Å². The average molecular weight is 386 g/mol. The molecule has 1 aliphatic heterocycles. The number of halogens is 3. The van der Waals surface area contributed by atoms with E-state index in [0.717, 1.165) is 23.1 Å². The van der Waals surface area contributed by atoms with Crippen molar-refractivity contribution in [3.05, 3.63) is 42.0 Å². The van der Waals surface area contributed by atoms with Crippen molar-refractivity contribution in [1.29, 1.82) is 0 Å². The molecule has 0 aliphatic carbocycles. The van der Waals surface area contributed by atoms with Gasteiger partial charge in [-0.2, -0.15) is 13.2 Å². The Morgan fingerprint density at radius 1 is 1.44 bits per heavy atom. The van der Waals surface area contributed by atoms with Crippen LogP contribution in [-0.2, 0) is 20.0 Å². The lowest BCUT2D eigenvalue weighted by molar-refractivity contribution is -0.191. The van der Waals surface area contributed by atoms with Crippen molar-refractivity contribution in [2.45, 2.75) is 18.6 Å². The molecule has 27 heavy (non-hydrogen) atoms. The fourth-order valence-electron chi connectivity index (χ4n) is 3.10. The van der Waals surface area contributed by atoms with E-state index in [4.69, 9.17) is 4.84 Å². The van der Waals surface area contributed by atoms with Crippen LogP contribution in [0, 0.1) is 0 Å². The lowest BCUT2D eigenvalue weighted by Gasteiger charge is -2.43. The quantitative estimate of drug-likeness (QED) is 0.336. The van der Waals surface area contributed by atoms with Crippen LogP contribution in [0.25, 0.3) is 0 Å². The number of likely N-dealkylation sites (N-methyl/N-ethyl adjacent to an activating group) is 1. The summed E-state index contributed by atoms with van der Waals surface area (Å²) in [6.07, 6.45) is -4.03. The van der Waals surface area contributed by atoms with Crippen molar-refractivity contribution in [2.75, 3.05) is 19.7 Å². The number of aromatic hydroxyl groups is 1. The highest BCUT2D eigenvalue weighted by Crippen LogP contribution is 2.43. The Morgan fingerprint density at radius 3 is 2.63 bits per heavy atom. The highest BCUT2D eigenvalue weighted by molar-refractivity contribution is 6.17. The van der Waals surface area contributed by atoms with Crippen LogP contribution in [0.3, 0.4) is 0 Å². The van der Waals surface area contributed by atoms with Gasteiger partial charge in [-0.05, 0) is 12.6 Å². The number of ketones is 1. The Hall–Kier alpha value is -2.88. The highest BCUT2D eigenvalue weighted by Gasteiger charge is 2.64. The van der Waals surface area contributed by atoms with Gasteiger partial charge in [0.1, 0.15) is 18.1 Å². The molecule has 10 heteroatoms. The number of alkyl halides is 3. The fraction of sp³-hybridized carbons (Fsp3) is 0.353. The summed E-state index contributed by atoms with van der Waals surface area (Å²) in [4.78, 5) is 30.1. The summed E-state index contributed by atoms with van der Waals surface area (Å²) in [6, 6.07) is 3.38. The van der Waals surface area contributed by atoms with Gasteiger partial charge in [-0.3, -0.25) is 9.69 Å². The van der Waals surface area contributed by atoms with Crippen molar-refractivity contribution < 1.29 is 37.8 Å². The van der Waals surface area contributed by atoms with Crippen LogP contribution in [-0.4, -0.2) is 58.4 Å². The molecule has 1 aliphatic rings. The zero-order valence-electron chi connectivity index (χ0n) is 14.3. The topological polar surface area (TPSA) is 99.4 Å². The number of fused-ring (bicyclic) bond motifs is 1. The number of Topliss-reactive ketones (excluding diaryl/α,β-unsaturated/α-hetero) is 1.